The number of hydrogen-bond acceptors (Lipinski definition) is 3. The van der Waals surface area contributed by atoms with E-state index >= 15 is 0 Å². The molecule has 0 aliphatic heterocycles. The van der Waals surface area contributed by atoms with E-state index in [9.17, 15) is 18.0 Å². The van der Waals surface area contributed by atoms with Gasteiger partial charge < -0.3 is 5.32 Å². The fourth-order valence-electron chi connectivity index (χ4n) is 2.62. The Labute approximate surface area is 164 Å². The number of aromatic nitrogens is 3. The van der Waals surface area contributed by atoms with Crippen molar-refractivity contribution in [3.8, 4) is 0 Å². The molecule has 148 valence electrons. The lowest BCUT2D eigenvalue weighted by atomic mass is 9.92. The number of nitrogens with zero attached hydrogens (tertiary/aromatic N) is 3. The van der Waals surface area contributed by atoms with Crippen LogP contribution in [-0.2, 0) is 12.0 Å². The zero-order valence-corrected chi connectivity index (χ0v) is 16.2. The van der Waals surface area contributed by atoms with Crippen LogP contribution in [0, 0.1) is 0 Å². The summed E-state index contributed by atoms with van der Waals surface area (Å²) in [4.78, 5) is 16.9. The summed E-state index contributed by atoms with van der Waals surface area (Å²) in [6.07, 6.45) is -2.91. The molecule has 1 N–H and O–H groups in total. The standard InChI is InChI=1S/C19H18ClF3N4O/c1-18(2,3)15-9-16(27(26-15)10-19(21,22)23)25-17(28)12-8-14-11(7-13(12)20)5-4-6-24-14/h4-9H,10H2,1-3H3,(H,25,28). The fourth-order valence-corrected chi connectivity index (χ4v) is 2.88. The van der Waals surface area contributed by atoms with Crippen LogP contribution in [0.15, 0.2) is 36.5 Å². The largest absolute Gasteiger partial charge is 0.408 e. The zero-order valence-electron chi connectivity index (χ0n) is 15.4. The molecule has 1 amide bonds. The van der Waals surface area contributed by atoms with Crippen molar-refractivity contribution in [3.63, 3.8) is 0 Å². The summed E-state index contributed by atoms with van der Waals surface area (Å²) in [5.41, 5.74) is 0.611. The summed E-state index contributed by atoms with van der Waals surface area (Å²) in [6.45, 7) is 4.16. The first-order chi connectivity index (χ1) is 12.9. The second-order valence-corrected chi connectivity index (χ2v) is 7.83. The van der Waals surface area contributed by atoms with Crippen LogP contribution in [0.3, 0.4) is 0 Å². The van der Waals surface area contributed by atoms with Crippen molar-refractivity contribution in [1.82, 2.24) is 14.8 Å². The van der Waals surface area contributed by atoms with Crippen molar-refractivity contribution in [2.24, 2.45) is 0 Å². The van der Waals surface area contributed by atoms with E-state index in [-0.39, 0.29) is 16.4 Å². The SMILES string of the molecule is CC(C)(C)c1cc(NC(=O)c2cc3ncccc3cc2Cl)n(CC(F)(F)F)n1. The third-order valence-electron chi connectivity index (χ3n) is 4.06. The van der Waals surface area contributed by atoms with Gasteiger partial charge in [0.05, 0.1) is 21.8 Å². The molecule has 0 fully saturated rings. The summed E-state index contributed by atoms with van der Waals surface area (Å²) in [5.74, 6) is -0.689. The van der Waals surface area contributed by atoms with Gasteiger partial charge >= 0.3 is 6.18 Å². The van der Waals surface area contributed by atoms with Crippen LogP contribution < -0.4 is 5.32 Å². The molecule has 3 aromatic rings. The summed E-state index contributed by atoms with van der Waals surface area (Å²) in [5, 5.41) is 7.45. The van der Waals surface area contributed by atoms with Gasteiger partial charge in [0.15, 0.2) is 0 Å². The summed E-state index contributed by atoms with van der Waals surface area (Å²) in [6, 6.07) is 8.07. The molecular formula is C19H18ClF3N4O. The van der Waals surface area contributed by atoms with E-state index in [0.29, 0.717) is 11.2 Å². The first-order valence-corrected chi connectivity index (χ1v) is 8.82. The molecule has 2 aromatic heterocycles. The highest BCUT2D eigenvalue weighted by Gasteiger charge is 2.31. The van der Waals surface area contributed by atoms with Crippen molar-refractivity contribution in [1.29, 1.82) is 0 Å². The lowest BCUT2D eigenvalue weighted by Crippen LogP contribution is -2.23. The van der Waals surface area contributed by atoms with Gasteiger partial charge in [0.2, 0.25) is 0 Å². The summed E-state index contributed by atoms with van der Waals surface area (Å²) < 4.78 is 39.5. The van der Waals surface area contributed by atoms with Crippen molar-refractivity contribution < 1.29 is 18.0 Å². The van der Waals surface area contributed by atoms with Gasteiger partial charge in [0.1, 0.15) is 12.4 Å². The van der Waals surface area contributed by atoms with E-state index in [0.717, 1.165) is 10.1 Å². The molecule has 2 heterocycles. The number of rotatable bonds is 3. The lowest BCUT2D eigenvalue weighted by Gasteiger charge is -2.14. The second-order valence-electron chi connectivity index (χ2n) is 7.42. The zero-order chi connectivity index (χ0) is 20.7. The molecule has 0 spiro atoms. The maximum absolute atomic E-state index is 12.9. The Kier molecular flexibility index (Phi) is 5.10. The monoisotopic (exact) mass is 410 g/mol. The molecule has 0 atom stereocenters. The highest BCUT2D eigenvalue weighted by atomic mass is 35.5. The number of hydrogen-bond donors (Lipinski definition) is 1. The Morgan fingerprint density at radius 3 is 2.57 bits per heavy atom. The Morgan fingerprint density at radius 2 is 1.93 bits per heavy atom. The van der Waals surface area contributed by atoms with Crippen LogP contribution >= 0.6 is 11.6 Å². The van der Waals surface area contributed by atoms with E-state index < -0.39 is 24.0 Å². The molecule has 0 aliphatic carbocycles. The maximum atomic E-state index is 12.9. The highest BCUT2D eigenvalue weighted by Crippen LogP contribution is 2.28. The third-order valence-corrected chi connectivity index (χ3v) is 4.37. The van der Waals surface area contributed by atoms with Crippen LogP contribution in [0.1, 0.15) is 36.8 Å². The molecule has 0 bridgehead atoms. The maximum Gasteiger partial charge on any atom is 0.408 e. The van der Waals surface area contributed by atoms with Gasteiger partial charge in [-0.15, -0.1) is 0 Å². The molecule has 28 heavy (non-hydrogen) atoms. The summed E-state index contributed by atoms with van der Waals surface area (Å²) >= 11 is 6.20. The Morgan fingerprint density at radius 1 is 1.21 bits per heavy atom. The number of benzene rings is 1. The number of fused-ring (bicyclic) bond motifs is 1. The average molecular weight is 411 g/mol. The lowest BCUT2D eigenvalue weighted by molar-refractivity contribution is -0.142. The summed E-state index contributed by atoms with van der Waals surface area (Å²) in [7, 11) is 0. The number of amides is 1. The van der Waals surface area contributed by atoms with E-state index in [1.165, 1.54) is 12.1 Å². The minimum atomic E-state index is -4.48. The molecule has 0 aliphatic rings. The normalized spacial score (nSPS) is 12.4. The predicted molar refractivity (Wildman–Crippen MR) is 102 cm³/mol. The molecule has 0 saturated heterocycles. The Bertz CT molecular complexity index is 1040. The van der Waals surface area contributed by atoms with Crippen LogP contribution in [0.25, 0.3) is 10.9 Å². The number of carbonyl (C=O) groups is 1. The quantitative estimate of drug-likeness (QED) is 0.645. The molecule has 0 unspecified atom stereocenters. The van der Waals surface area contributed by atoms with E-state index in [1.807, 2.05) is 20.8 Å². The molecule has 1 aromatic carbocycles. The third kappa shape index (κ3) is 4.44. The van der Waals surface area contributed by atoms with Crippen molar-refractivity contribution in [2.45, 2.75) is 38.9 Å². The Hall–Kier alpha value is -2.61. The number of nitrogens with one attached hydrogen (secondary N) is 1. The second kappa shape index (κ2) is 7.09. The number of anilines is 1. The van der Waals surface area contributed by atoms with Crippen molar-refractivity contribution in [2.75, 3.05) is 5.32 Å². The number of pyridine rings is 1. The highest BCUT2D eigenvalue weighted by molar-refractivity contribution is 6.35. The smallest absolute Gasteiger partial charge is 0.307 e. The van der Waals surface area contributed by atoms with E-state index in [4.69, 9.17) is 11.6 Å². The number of halogens is 4. The molecule has 0 saturated carbocycles. The fraction of sp³-hybridized carbons (Fsp3) is 0.316. The molecule has 0 radical (unpaired) electrons. The van der Waals surface area contributed by atoms with Crippen LogP contribution in [0.2, 0.25) is 5.02 Å². The van der Waals surface area contributed by atoms with Gasteiger partial charge in [-0.25, -0.2) is 4.68 Å². The van der Waals surface area contributed by atoms with Gasteiger partial charge in [0, 0.05) is 23.1 Å². The number of carbonyl (C=O) groups excluding carboxylic acids is 1. The van der Waals surface area contributed by atoms with Crippen LogP contribution in [-0.4, -0.2) is 26.8 Å². The minimum absolute atomic E-state index is 0.0514. The number of alkyl halides is 3. The molecule has 5 nitrogen and oxygen atoms in total. The van der Waals surface area contributed by atoms with Gasteiger partial charge in [-0.05, 0) is 18.2 Å². The van der Waals surface area contributed by atoms with Crippen molar-refractivity contribution in [3.05, 3.63) is 52.8 Å². The van der Waals surface area contributed by atoms with Gasteiger partial charge in [-0.3, -0.25) is 9.78 Å². The van der Waals surface area contributed by atoms with Gasteiger partial charge in [-0.2, -0.15) is 18.3 Å². The van der Waals surface area contributed by atoms with E-state index in [2.05, 4.69) is 15.4 Å². The van der Waals surface area contributed by atoms with E-state index in [1.54, 1.807) is 24.4 Å². The van der Waals surface area contributed by atoms with Gasteiger partial charge in [0.25, 0.3) is 5.91 Å². The first kappa shape index (κ1) is 20.1. The van der Waals surface area contributed by atoms with Crippen molar-refractivity contribution >= 4 is 34.2 Å². The molecule has 9 heteroatoms. The first-order valence-electron chi connectivity index (χ1n) is 8.45. The predicted octanol–water partition coefficient (Wildman–Crippen LogP) is 5.20. The minimum Gasteiger partial charge on any atom is -0.307 e. The average Bonchev–Trinajstić information content (AvgIpc) is 2.95. The molecule has 3 rings (SSSR count). The van der Waals surface area contributed by atoms with Crippen LogP contribution in [0.5, 0.6) is 0 Å². The van der Waals surface area contributed by atoms with Gasteiger partial charge in [-0.1, -0.05) is 38.4 Å². The topological polar surface area (TPSA) is 59.8 Å². The Balaban J connectivity index is 1.97. The molecular weight excluding hydrogens is 393 g/mol. The van der Waals surface area contributed by atoms with Crippen LogP contribution in [0.4, 0.5) is 19.0 Å².